The van der Waals surface area contributed by atoms with Gasteiger partial charge in [-0.2, -0.15) is 0 Å². The lowest BCUT2D eigenvalue weighted by Gasteiger charge is -2.14. The van der Waals surface area contributed by atoms with Crippen LogP contribution >= 0.6 is 34.0 Å². The third-order valence-electron chi connectivity index (χ3n) is 4.69. The monoisotopic (exact) mass is 502 g/mol. The molecule has 0 radical (unpaired) electrons. The first-order chi connectivity index (χ1) is 15.0. The molecule has 0 unspecified atom stereocenters. The number of Topliss-reactive ketones (excluding diaryl/α,β-unsaturated/α-hetero) is 3. The van der Waals surface area contributed by atoms with Gasteiger partial charge in [-0.15, -0.1) is 34.0 Å². The van der Waals surface area contributed by atoms with Gasteiger partial charge in [-0.3, -0.25) is 14.4 Å². The lowest BCUT2D eigenvalue weighted by atomic mass is 9.90. The summed E-state index contributed by atoms with van der Waals surface area (Å²) in [6.07, 6.45) is 0. The third kappa shape index (κ3) is 7.29. The van der Waals surface area contributed by atoms with E-state index in [4.69, 9.17) is 0 Å². The van der Waals surface area contributed by atoms with Crippen LogP contribution in [-0.2, 0) is 0 Å². The highest BCUT2D eigenvalue weighted by atomic mass is 32.1. The van der Waals surface area contributed by atoms with Crippen LogP contribution in [0.1, 0.15) is 91.3 Å². The van der Waals surface area contributed by atoms with E-state index < -0.39 is 0 Å². The summed E-state index contributed by atoms with van der Waals surface area (Å²) in [7, 11) is 0. The Labute approximate surface area is 209 Å². The minimum absolute atomic E-state index is 0.159. The van der Waals surface area contributed by atoms with Gasteiger partial charge in [-0.05, 0) is 35.7 Å². The van der Waals surface area contributed by atoms with Crippen molar-refractivity contribution in [3.05, 3.63) is 56.4 Å². The summed E-state index contributed by atoms with van der Waals surface area (Å²) in [5.41, 5.74) is -0.985. The average Bonchev–Trinajstić information content (AvgIpc) is 3.45. The Morgan fingerprint density at radius 1 is 0.545 bits per heavy atom. The standard InChI is InChI=1S/C18H22O2S2.C9H12OS/c1-17(2,3)15(19)13-9-7-11(21-13)12-8-10-14(22-12)16(20)18(4,5)6;1-9(2,3)8(10)7-5-4-6-11-7/h7-10H,1-6H3;4-6H,1-3H3. The molecule has 3 nitrogen and oxygen atoms in total. The predicted octanol–water partition coefficient (Wildman–Crippen LogP) is 8.91. The summed E-state index contributed by atoms with van der Waals surface area (Å²) < 4.78 is 0. The molecule has 0 amide bonds. The zero-order valence-electron chi connectivity index (χ0n) is 21.0. The maximum absolute atomic E-state index is 12.3. The Balaban J connectivity index is 0.000000294. The van der Waals surface area contributed by atoms with Crippen LogP contribution < -0.4 is 0 Å². The second-order valence-corrected chi connectivity index (χ2v) is 14.2. The van der Waals surface area contributed by atoms with Gasteiger partial charge in [-0.1, -0.05) is 68.4 Å². The Morgan fingerprint density at radius 3 is 1.21 bits per heavy atom. The minimum Gasteiger partial charge on any atom is -0.293 e. The van der Waals surface area contributed by atoms with E-state index in [0.717, 1.165) is 24.4 Å². The van der Waals surface area contributed by atoms with Crippen LogP contribution in [0.4, 0.5) is 0 Å². The van der Waals surface area contributed by atoms with Crippen molar-refractivity contribution in [2.75, 3.05) is 0 Å². The molecule has 0 atom stereocenters. The molecule has 3 aromatic rings. The second-order valence-electron chi connectivity index (χ2n) is 11.0. The van der Waals surface area contributed by atoms with Crippen LogP contribution in [-0.4, -0.2) is 17.3 Å². The minimum atomic E-state index is -0.370. The molecule has 0 spiro atoms. The van der Waals surface area contributed by atoms with Crippen molar-refractivity contribution in [2.24, 2.45) is 16.2 Å². The molecular weight excluding hydrogens is 468 g/mol. The topological polar surface area (TPSA) is 51.2 Å². The van der Waals surface area contributed by atoms with Crippen molar-refractivity contribution in [3.63, 3.8) is 0 Å². The van der Waals surface area contributed by atoms with Crippen molar-refractivity contribution in [3.8, 4) is 9.75 Å². The molecule has 0 aromatic carbocycles. The van der Waals surface area contributed by atoms with Crippen LogP contribution in [0.25, 0.3) is 9.75 Å². The number of thiophene rings is 3. The molecule has 178 valence electrons. The summed E-state index contributed by atoms with van der Waals surface area (Å²) >= 11 is 4.51. The van der Waals surface area contributed by atoms with Crippen molar-refractivity contribution in [1.82, 2.24) is 0 Å². The van der Waals surface area contributed by atoms with E-state index in [9.17, 15) is 14.4 Å². The number of rotatable bonds is 4. The molecule has 0 N–H and O–H groups in total. The van der Waals surface area contributed by atoms with E-state index in [0.29, 0.717) is 0 Å². The Bertz CT molecular complexity index is 1050. The SMILES string of the molecule is CC(C)(C)C(=O)c1ccc(-c2ccc(C(=O)C(C)(C)C)s2)s1.CC(C)(C)C(=O)c1cccs1. The fourth-order valence-electron chi connectivity index (χ4n) is 2.70. The molecule has 0 aliphatic carbocycles. The summed E-state index contributed by atoms with van der Waals surface area (Å²) in [6, 6.07) is 11.5. The van der Waals surface area contributed by atoms with Crippen molar-refractivity contribution >= 4 is 51.4 Å². The number of hydrogen-bond donors (Lipinski definition) is 0. The van der Waals surface area contributed by atoms with Gasteiger partial charge in [0.25, 0.3) is 0 Å². The van der Waals surface area contributed by atoms with Gasteiger partial charge < -0.3 is 0 Å². The first kappa shape index (κ1) is 27.4. The molecule has 3 heterocycles. The zero-order valence-corrected chi connectivity index (χ0v) is 23.4. The summed E-state index contributed by atoms with van der Waals surface area (Å²) in [6.45, 7) is 17.4. The Morgan fingerprint density at radius 2 is 0.909 bits per heavy atom. The van der Waals surface area contributed by atoms with Gasteiger partial charge in [-0.25, -0.2) is 0 Å². The van der Waals surface area contributed by atoms with Gasteiger partial charge in [0.2, 0.25) is 0 Å². The van der Waals surface area contributed by atoms with E-state index in [1.165, 1.54) is 34.0 Å². The van der Waals surface area contributed by atoms with Crippen molar-refractivity contribution < 1.29 is 14.4 Å². The number of carbonyl (C=O) groups is 3. The normalized spacial score (nSPS) is 12.2. The molecule has 0 aliphatic heterocycles. The van der Waals surface area contributed by atoms with Gasteiger partial charge >= 0.3 is 0 Å². The maximum atomic E-state index is 12.3. The van der Waals surface area contributed by atoms with E-state index in [-0.39, 0.29) is 33.6 Å². The lowest BCUT2D eigenvalue weighted by Crippen LogP contribution is -2.18. The van der Waals surface area contributed by atoms with Crippen LogP contribution in [0.2, 0.25) is 0 Å². The smallest absolute Gasteiger partial charge is 0.178 e. The van der Waals surface area contributed by atoms with Crippen molar-refractivity contribution in [1.29, 1.82) is 0 Å². The van der Waals surface area contributed by atoms with Gasteiger partial charge in [0, 0.05) is 26.0 Å². The number of carbonyl (C=O) groups excluding carboxylic acids is 3. The van der Waals surface area contributed by atoms with Gasteiger partial charge in [0.15, 0.2) is 17.3 Å². The first-order valence-corrected chi connectivity index (χ1v) is 13.4. The molecule has 6 heteroatoms. The molecular formula is C27H34O3S3. The van der Waals surface area contributed by atoms with Crippen LogP contribution in [0.3, 0.4) is 0 Å². The molecule has 3 rings (SSSR count). The average molecular weight is 503 g/mol. The van der Waals surface area contributed by atoms with E-state index in [1.807, 2.05) is 104 Å². The van der Waals surface area contributed by atoms with E-state index in [2.05, 4.69) is 0 Å². The maximum Gasteiger partial charge on any atom is 0.178 e. The third-order valence-corrected chi connectivity index (χ3v) is 7.92. The van der Waals surface area contributed by atoms with Crippen LogP contribution in [0.15, 0.2) is 41.8 Å². The molecule has 3 aromatic heterocycles. The van der Waals surface area contributed by atoms with E-state index in [1.54, 1.807) is 0 Å². The molecule has 0 saturated carbocycles. The highest BCUT2D eigenvalue weighted by Gasteiger charge is 2.26. The largest absolute Gasteiger partial charge is 0.293 e. The molecule has 0 aliphatic rings. The molecule has 0 bridgehead atoms. The zero-order chi connectivity index (χ0) is 25.2. The summed E-state index contributed by atoms with van der Waals surface area (Å²) in [5, 5.41) is 1.93. The van der Waals surface area contributed by atoms with Crippen LogP contribution in [0.5, 0.6) is 0 Å². The quantitative estimate of drug-likeness (QED) is 0.335. The summed E-state index contributed by atoms with van der Waals surface area (Å²) in [4.78, 5) is 40.7. The fraction of sp³-hybridized carbons (Fsp3) is 0.444. The molecule has 0 saturated heterocycles. The van der Waals surface area contributed by atoms with Gasteiger partial charge in [0.05, 0.1) is 14.6 Å². The summed E-state index contributed by atoms with van der Waals surface area (Å²) in [5.74, 6) is 0.546. The number of hydrogen-bond acceptors (Lipinski definition) is 6. The first-order valence-electron chi connectivity index (χ1n) is 10.9. The van der Waals surface area contributed by atoms with Crippen LogP contribution in [0, 0.1) is 16.2 Å². The van der Waals surface area contributed by atoms with E-state index >= 15 is 0 Å². The predicted molar refractivity (Wildman–Crippen MR) is 143 cm³/mol. The second kappa shape index (κ2) is 10.2. The lowest BCUT2D eigenvalue weighted by molar-refractivity contribution is 0.0857. The highest BCUT2D eigenvalue weighted by molar-refractivity contribution is 7.23. The van der Waals surface area contributed by atoms with Gasteiger partial charge in [0.1, 0.15) is 0 Å². The van der Waals surface area contributed by atoms with Crippen molar-refractivity contribution in [2.45, 2.75) is 62.3 Å². The highest BCUT2D eigenvalue weighted by Crippen LogP contribution is 2.37. The Kier molecular flexibility index (Phi) is 8.42. The molecule has 33 heavy (non-hydrogen) atoms. The Hall–Kier alpha value is -1.89. The molecule has 0 fully saturated rings. The fourth-order valence-corrected chi connectivity index (χ4v) is 5.98. The number of ketones is 3.